The Balaban J connectivity index is 0.00000136. The summed E-state index contributed by atoms with van der Waals surface area (Å²) in [5.74, 6) is -0.624. The minimum atomic E-state index is -0.546. The van der Waals surface area contributed by atoms with Gasteiger partial charge < -0.3 is 15.5 Å². The van der Waals surface area contributed by atoms with Gasteiger partial charge in [0.1, 0.15) is 5.83 Å². The summed E-state index contributed by atoms with van der Waals surface area (Å²) in [6.07, 6.45) is 5.97. The first kappa shape index (κ1) is 21.5. The average Bonchev–Trinajstić information content (AvgIpc) is 2.90. The zero-order valence-corrected chi connectivity index (χ0v) is 16.6. The molecule has 2 heterocycles. The van der Waals surface area contributed by atoms with E-state index in [1.807, 2.05) is 13.8 Å². The number of aromatic nitrogens is 2. The Labute approximate surface area is 163 Å². The molecule has 2 aliphatic rings. The molecule has 0 spiro atoms. The lowest BCUT2D eigenvalue weighted by molar-refractivity contribution is 0.0947. The Morgan fingerprint density at radius 1 is 1.29 bits per heavy atom. The molecule has 1 aromatic heterocycles. The van der Waals surface area contributed by atoms with Crippen molar-refractivity contribution in [3.63, 3.8) is 0 Å². The molecule has 0 atom stereocenters. The van der Waals surface area contributed by atoms with Crippen molar-refractivity contribution in [1.29, 1.82) is 5.41 Å². The van der Waals surface area contributed by atoms with Crippen LogP contribution in [0.5, 0.6) is 5.75 Å². The minimum Gasteiger partial charge on any atom is -0.489 e. The van der Waals surface area contributed by atoms with E-state index < -0.39 is 11.5 Å². The summed E-state index contributed by atoms with van der Waals surface area (Å²) in [5.41, 5.74) is 0.564. The molecule has 1 amide bonds. The van der Waals surface area contributed by atoms with E-state index in [4.69, 9.17) is 10.1 Å². The number of fused-ring (bicyclic) bond motifs is 1. The number of nitrogens with one attached hydrogen (secondary N) is 2. The van der Waals surface area contributed by atoms with Crippen LogP contribution in [-0.2, 0) is 6.54 Å². The first-order chi connectivity index (χ1) is 13.5. The lowest BCUT2D eigenvalue weighted by Gasteiger charge is -2.15. The van der Waals surface area contributed by atoms with Crippen molar-refractivity contribution in [3.05, 3.63) is 45.4 Å². The summed E-state index contributed by atoms with van der Waals surface area (Å²) >= 11 is 0. The van der Waals surface area contributed by atoms with Gasteiger partial charge in [0.25, 0.3) is 11.5 Å². The van der Waals surface area contributed by atoms with E-state index in [0.717, 1.165) is 18.4 Å². The molecule has 1 aliphatic heterocycles. The number of amides is 1. The third kappa shape index (κ3) is 4.74. The van der Waals surface area contributed by atoms with Crippen molar-refractivity contribution in [2.24, 2.45) is 0 Å². The summed E-state index contributed by atoms with van der Waals surface area (Å²) in [4.78, 5) is 29.5. The van der Waals surface area contributed by atoms with Crippen LogP contribution in [0.25, 0.3) is 0 Å². The van der Waals surface area contributed by atoms with Crippen molar-refractivity contribution in [1.82, 2.24) is 14.9 Å². The lowest BCUT2D eigenvalue weighted by atomic mass is 10.0. The van der Waals surface area contributed by atoms with Crippen LogP contribution in [0.1, 0.15) is 62.3 Å². The molecule has 0 bridgehead atoms. The van der Waals surface area contributed by atoms with E-state index in [2.05, 4.69) is 10.3 Å². The molecule has 152 valence electrons. The minimum absolute atomic E-state index is 0.117. The Kier molecular flexibility index (Phi) is 7.66. The molecule has 1 aromatic rings. The normalized spacial score (nSPS) is 15.9. The molecular weight excluding hydrogens is 363 g/mol. The number of hydrogen-bond acceptors (Lipinski definition) is 5. The molecule has 0 saturated carbocycles. The van der Waals surface area contributed by atoms with E-state index in [-0.39, 0.29) is 35.4 Å². The number of nitrogens with zero attached hydrogens (tertiary/aromatic N) is 2. The molecule has 0 fully saturated rings. The number of rotatable bonds is 4. The average molecular weight is 390 g/mol. The van der Waals surface area contributed by atoms with Crippen molar-refractivity contribution in [3.8, 4) is 5.75 Å². The summed E-state index contributed by atoms with van der Waals surface area (Å²) in [6.45, 7) is 4.69. The van der Waals surface area contributed by atoms with Gasteiger partial charge in [-0.15, -0.1) is 0 Å². The van der Waals surface area contributed by atoms with Gasteiger partial charge in [0, 0.05) is 19.5 Å². The SMILES string of the molecule is CC.COc1c(C(=O)NCC2=CC=C(F)CC2)nc2n(c1=O)CCCCC2=N. The Morgan fingerprint density at radius 3 is 2.68 bits per heavy atom. The molecule has 7 nitrogen and oxygen atoms in total. The number of carbonyl (C=O) groups is 1. The van der Waals surface area contributed by atoms with Gasteiger partial charge in [-0.3, -0.25) is 14.2 Å². The summed E-state index contributed by atoms with van der Waals surface area (Å²) in [5, 5.41) is 10.8. The zero-order valence-electron chi connectivity index (χ0n) is 16.6. The summed E-state index contributed by atoms with van der Waals surface area (Å²) in [7, 11) is 1.32. The van der Waals surface area contributed by atoms with Gasteiger partial charge >= 0.3 is 0 Å². The Hall–Kier alpha value is -2.77. The molecule has 2 N–H and O–H groups in total. The molecule has 1 aliphatic carbocycles. The highest BCUT2D eigenvalue weighted by Gasteiger charge is 2.25. The molecule has 8 heteroatoms. The van der Waals surface area contributed by atoms with E-state index in [9.17, 15) is 14.0 Å². The van der Waals surface area contributed by atoms with Gasteiger partial charge in [-0.05, 0) is 31.8 Å². The predicted octanol–water partition coefficient (Wildman–Crippen LogP) is 3.13. The lowest BCUT2D eigenvalue weighted by Crippen LogP contribution is -2.34. The molecule has 0 unspecified atom stereocenters. The van der Waals surface area contributed by atoms with Crippen molar-refractivity contribution < 1.29 is 13.9 Å². The topological polar surface area (TPSA) is 97.1 Å². The van der Waals surface area contributed by atoms with Gasteiger partial charge in [0.05, 0.1) is 12.8 Å². The van der Waals surface area contributed by atoms with Crippen LogP contribution < -0.4 is 15.6 Å². The first-order valence-electron chi connectivity index (χ1n) is 9.60. The molecular formula is C20H27FN4O3. The van der Waals surface area contributed by atoms with Gasteiger partial charge in [-0.2, -0.15) is 0 Å². The van der Waals surface area contributed by atoms with E-state index in [1.54, 1.807) is 6.08 Å². The molecule has 0 radical (unpaired) electrons. The van der Waals surface area contributed by atoms with Crippen LogP contribution in [0.3, 0.4) is 0 Å². The fraction of sp³-hybridized carbons (Fsp3) is 0.500. The molecule has 0 aromatic carbocycles. The largest absolute Gasteiger partial charge is 0.489 e. The van der Waals surface area contributed by atoms with Gasteiger partial charge in [0.15, 0.2) is 11.5 Å². The van der Waals surface area contributed by atoms with E-state index in [1.165, 1.54) is 17.8 Å². The fourth-order valence-corrected chi connectivity index (χ4v) is 3.08. The Bertz CT molecular complexity index is 871. The number of ether oxygens (including phenoxy) is 1. The number of carbonyl (C=O) groups excluding carboxylic acids is 1. The number of hydrogen-bond donors (Lipinski definition) is 2. The van der Waals surface area contributed by atoms with Crippen molar-refractivity contribution in [2.75, 3.05) is 13.7 Å². The van der Waals surface area contributed by atoms with E-state index in [0.29, 0.717) is 25.8 Å². The van der Waals surface area contributed by atoms with Crippen LogP contribution in [0.2, 0.25) is 0 Å². The second kappa shape index (κ2) is 9.96. The second-order valence-electron chi connectivity index (χ2n) is 6.33. The second-order valence-corrected chi connectivity index (χ2v) is 6.33. The van der Waals surface area contributed by atoms with Crippen LogP contribution in [-0.4, -0.2) is 34.8 Å². The number of halogens is 1. The molecule has 3 rings (SSSR count). The van der Waals surface area contributed by atoms with Crippen LogP contribution in [0.15, 0.2) is 28.3 Å². The van der Waals surface area contributed by atoms with Crippen LogP contribution in [0.4, 0.5) is 4.39 Å². The maximum absolute atomic E-state index is 13.0. The maximum Gasteiger partial charge on any atom is 0.297 e. The quantitative estimate of drug-likeness (QED) is 0.825. The first-order valence-corrected chi connectivity index (χ1v) is 9.60. The highest BCUT2D eigenvalue weighted by atomic mass is 19.1. The van der Waals surface area contributed by atoms with Crippen LogP contribution in [0, 0.1) is 5.41 Å². The van der Waals surface area contributed by atoms with E-state index >= 15 is 0 Å². The Morgan fingerprint density at radius 2 is 2.04 bits per heavy atom. The molecule has 28 heavy (non-hydrogen) atoms. The highest BCUT2D eigenvalue weighted by molar-refractivity contribution is 5.99. The third-order valence-electron chi connectivity index (χ3n) is 4.54. The van der Waals surface area contributed by atoms with Gasteiger partial charge in [-0.1, -0.05) is 25.5 Å². The zero-order chi connectivity index (χ0) is 20.7. The van der Waals surface area contributed by atoms with Crippen LogP contribution >= 0.6 is 0 Å². The predicted molar refractivity (Wildman–Crippen MR) is 106 cm³/mol. The monoisotopic (exact) mass is 390 g/mol. The smallest absolute Gasteiger partial charge is 0.297 e. The number of allylic oxidation sites excluding steroid dienone is 3. The summed E-state index contributed by atoms with van der Waals surface area (Å²) < 4.78 is 19.6. The standard InChI is InChI=1S/C18H21FN4O3.C2H6/c1-26-15-14(17(24)21-10-11-5-7-12(19)8-6-11)22-16-13(20)4-2-3-9-23(16)18(15)25;1-2/h5,7,20H,2-4,6,8-10H2,1H3,(H,21,24);1-2H3. The summed E-state index contributed by atoms with van der Waals surface area (Å²) in [6, 6.07) is 0. The maximum atomic E-state index is 13.0. The fourth-order valence-electron chi connectivity index (χ4n) is 3.08. The van der Waals surface area contributed by atoms with Gasteiger partial charge in [-0.25, -0.2) is 9.37 Å². The highest BCUT2D eigenvalue weighted by Crippen LogP contribution is 2.19. The van der Waals surface area contributed by atoms with Crippen molar-refractivity contribution in [2.45, 2.75) is 52.5 Å². The third-order valence-corrected chi connectivity index (χ3v) is 4.54. The van der Waals surface area contributed by atoms with Gasteiger partial charge in [0.2, 0.25) is 5.75 Å². The number of methoxy groups -OCH3 is 1. The van der Waals surface area contributed by atoms with Crippen molar-refractivity contribution >= 4 is 11.6 Å². The molecule has 0 saturated heterocycles.